The Balaban J connectivity index is 2.30. The van der Waals surface area contributed by atoms with E-state index in [1.807, 2.05) is 0 Å². The van der Waals surface area contributed by atoms with Crippen molar-refractivity contribution in [3.8, 4) is 0 Å². The molecule has 1 aromatic carbocycles. The molecule has 2 rings (SSSR count). The van der Waals surface area contributed by atoms with E-state index in [1.165, 1.54) is 18.5 Å². The molecule has 7 heteroatoms. The zero-order valence-corrected chi connectivity index (χ0v) is 13.1. The quantitative estimate of drug-likeness (QED) is 0.740. The number of benzene rings is 1. The van der Waals surface area contributed by atoms with Crippen LogP contribution in [-0.4, -0.2) is 10.9 Å². The molecular weight excluding hydrogens is 374 g/mol. The lowest BCUT2D eigenvalue weighted by atomic mass is 10.2. The van der Waals surface area contributed by atoms with Crippen LogP contribution >= 0.6 is 50.7 Å². The van der Waals surface area contributed by atoms with E-state index in [1.54, 1.807) is 12.1 Å². The Bertz CT molecular complexity index is 649. The SMILES string of the molecule is O=C(Nc1ccc(Br)c(Cl)c1Cl)c1cnccc1Cl. The van der Waals surface area contributed by atoms with Crippen LogP contribution < -0.4 is 5.32 Å². The Hall–Kier alpha value is -0.810. The lowest BCUT2D eigenvalue weighted by Gasteiger charge is -2.09. The molecular formula is C12H6BrCl3N2O. The molecule has 3 nitrogen and oxygen atoms in total. The van der Waals surface area contributed by atoms with Crippen molar-refractivity contribution >= 4 is 62.3 Å². The van der Waals surface area contributed by atoms with Gasteiger partial charge in [-0.1, -0.05) is 34.8 Å². The van der Waals surface area contributed by atoms with Crippen LogP contribution in [0.3, 0.4) is 0 Å². The molecule has 0 fully saturated rings. The van der Waals surface area contributed by atoms with Crippen molar-refractivity contribution in [2.24, 2.45) is 0 Å². The Labute approximate surface area is 133 Å². The van der Waals surface area contributed by atoms with E-state index in [4.69, 9.17) is 34.8 Å². The molecule has 1 amide bonds. The van der Waals surface area contributed by atoms with Crippen molar-refractivity contribution in [1.82, 2.24) is 4.98 Å². The summed E-state index contributed by atoms with van der Waals surface area (Å²) >= 11 is 21.2. The molecule has 1 aromatic heterocycles. The van der Waals surface area contributed by atoms with E-state index in [0.29, 0.717) is 20.2 Å². The summed E-state index contributed by atoms with van der Waals surface area (Å²) in [7, 11) is 0. The van der Waals surface area contributed by atoms with Gasteiger partial charge in [0.1, 0.15) is 0 Å². The summed E-state index contributed by atoms with van der Waals surface area (Å²) < 4.78 is 0.650. The number of anilines is 1. The van der Waals surface area contributed by atoms with E-state index >= 15 is 0 Å². The third-order valence-electron chi connectivity index (χ3n) is 2.30. The lowest BCUT2D eigenvalue weighted by Crippen LogP contribution is -2.13. The number of carbonyl (C=O) groups excluding carboxylic acids is 1. The normalized spacial score (nSPS) is 10.3. The number of nitrogens with zero attached hydrogens (tertiary/aromatic N) is 1. The van der Waals surface area contributed by atoms with Gasteiger partial charge in [0.05, 0.1) is 26.3 Å². The third-order valence-corrected chi connectivity index (χ3v) is 4.40. The predicted octanol–water partition coefficient (Wildman–Crippen LogP) is 5.06. The summed E-state index contributed by atoms with van der Waals surface area (Å²) in [5.74, 6) is -0.404. The Morgan fingerprint density at radius 2 is 1.89 bits per heavy atom. The smallest absolute Gasteiger partial charge is 0.258 e. The maximum Gasteiger partial charge on any atom is 0.258 e. The second kappa shape index (κ2) is 6.09. The summed E-state index contributed by atoms with van der Waals surface area (Å²) in [6, 6.07) is 4.86. The molecule has 19 heavy (non-hydrogen) atoms. The van der Waals surface area contributed by atoms with Gasteiger partial charge in [-0.05, 0) is 34.1 Å². The number of hydrogen-bond acceptors (Lipinski definition) is 2. The molecule has 0 aliphatic heterocycles. The first kappa shape index (κ1) is 14.6. The van der Waals surface area contributed by atoms with Gasteiger partial charge in [-0.25, -0.2) is 0 Å². The predicted molar refractivity (Wildman–Crippen MR) is 81.4 cm³/mol. The highest BCUT2D eigenvalue weighted by Gasteiger charge is 2.14. The van der Waals surface area contributed by atoms with Crippen LogP contribution in [0.1, 0.15) is 10.4 Å². The van der Waals surface area contributed by atoms with Crippen LogP contribution in [0.2, 0.25) is 15.1 Å². The van der Waals surface area contributed by atoms with Gasteiger partial charge in [0.25, 0.3) is 5.91 Å². The molecule has 0 saturated carbocycles. The van der Waals surface area contributed by atoms with E-state index in [9.17, 15) is 4.79 Å². The minimum absolute atomic E-state index is 0.254. The van der Waals surface area contributed by atoms with E-state index in [2.05, 4.69) is 26.2 Å². The van der Waals surface area contributed by atoms with Crippen LogP contribution in [0, 0.1) is 0 Å². The molecule has 0 aliphatic carbocycles. The number of aromatic nitrogens is 1. The first-order valence-corrected chi connectivity index (χ1v) is 6.97. The minimum Gasteiger partial charge on any atom is -0.320 e. The maximum atomic E-state index is 12.0. The van der Waals surface area contributed by atoms with Crippen molar-refractivity contribution in [1.29, 1.82) is 0 Å². The fraction of sp³-hybridized carbons (Fsp3) is 0. The van der Waals surface area contributed by atoms with E-state index in [0.717, 1.165) is 0 Å². The molecule has 0 spiro atoms. The first-order chi connectivity index (χ1) is 9.00. The highest BCUT2D eigenvalue weighted by Crippen LogP contribution is 2.36. The van der Waals surface area contributed by atoms with Crippen molar-refractivity contribution in [2.45, 2.75) is 0 Å². The average Bonchev–Trinajstić information content (AvgIpc) is 2.40. The summed E-state index contributed by atoms with van der Waals surface area (Å²) in [6.07, 6.45) is 2.88. The van der Waals surface area contributed by atoms with Gasteiger partial charge >= 0.3 is 0 Å². The van der Waals surface area contributed by atoms with E-state index < -0.39 is 5.91 Å². The summed E-state index contributed by atoms with van der Waals surface area (Å²) in [4.78, 5) is 15.9. The number of nitrogens with one attached hydrogen (secondary N) is 1. The molecule has 0 unspecified atom stereocenters. The van der Waals surface area contributed by atoms with Gasteiger partial charge in [-0.3, -0.25) is 9.78 Å². The monoisotopic (exact) mass is 378 g/mol. The van der Waals surface area contributed by atoms with Gasteiger partial charge in [-0.2, -0.15) is 0 Å². The number of carbonyl (C=O) groups is 1. The number of rotatable bonds is 2. The largest absolute Gasteiger partial charge is 0.320 e. The van der Waals surface area contributed by atoms with Crippen LogP contribution in [0.15, 0.2) is 35.1 Å². The van der Waals surface area contributed by atoms with Crippen LogP contribution in [0.4, 0.5) is 5.69 Å². The van der Waals surface area contributed by atoms with Crippen LogP contribution in [0.25, 0.3) is 0 Å². The van der Waals surface area contributed by atoms with Crippen molar-refractivity contribution in [2.75, 3.05) is 5.32 Å². The molecule has 1 N–H and O–H groups in total. The highest BCUT2D eigenvalue weighted by atomic mass is 79.9. The summed E-state index contributed by atoms with van der Waals surface area (Å²) in [5, 5.41) is 3.53. The summed E-state index contributed by atoms with van der Waals surface area (Å²) in [6.45, 7) is 0. The molecule has 0 saturated heterocycles. The number of hydrogen-bond donors (Lipinski definition) is 1. The van der Waals surface area contributed by atoms with Crippen LogP contribution in [-0.2, 0) is 0 Å². The fourth-order valence-electron chi connectivity index (χ4n) is 1.36. The number of halogens is 4. The van der Waals surface area contributed by atoms with Gasteiger partial charge in [-0.15, -0.1) is 0 Å². The molecule has 98 valence electrons. The Kier molecular flexibility index (Phi) is 4.68. The van der Waals surface area contributed by atoms with Crippen LogP contribution in [0.5, 0.6) is 0 Å². The highest BCUT2D eigenvalue weighted by molar-refractivity contribution is 9.10. The number of amides is 1. The van der Waals surface area contributed by atoms with Crippen molar-refractivity contribution < 1.29 is 4.79 Å². The second-order valence-corrected chi connectivity index (χ2v) is 5.55. The van der Waals surface area contributed by atoms with Crippen molar-refractivity contribution in [3.05, 3.63) is 55.7 Å². The third kappa shape index (κ3) is 3.20. The molecule has 0 atom stereocenters. The Morgan fingerprint density at radius 1 is 1.16 bits per heavy atom. The molecule has 1 heterocycles. The van der Waals surface area contributed by atoms with Gasteiger partial charge in [0.2, 0.25) is 0 Å². The van der Waals surface area contributed by atoms with E-state index in [-0.39, 0.29) is 10.6 Å². The minimum atomic E-state index is -0.404. The maximum absolute atomic E-state index is 12.0. The average molecular weight is 380 g/mol. The molecule has 0 bridgehead atoms. The standard InChI is InChI=1S/C12H6BrCl3N2O/c13-7-1-2-9(11(16)10(7)15)18-12(19)6-5-17-4-3-8(6)14/h1-5H,(H,18,19). The fourth-order valence-corrected chi connectivity index (χ4v) is 2.37. The van der Waals surface area contributed by atoms with Gasteiger partial charge in [0.15, 0.2) is 0 Å². The van der Waals surface area contributed by atoms with Gasteiger partial charge in [0, 0.05) is 16.9 Å². The molecule has 2 aromatic rings. The zero-order valence-electron chi connectivity index (χ0n) is 9.25. The second-order valence-electron chi connectivity index (χ2n) is 3.53. The summed E-state index contributed by atoms with van der Waals surface area (Å²) in [5.41, 5.74) is 0.666. The molecule has 0 radical (unpaired) electrons. The number of pyridine rings is 1. The van der Waals surface area contributed by atoms with Gasteiger partial charge < -0.3 is 5.32 Å². The lowest BCUT2D eigenvalue weighted by molar-refractivity contribution is 0.102. The zero-order chi connectivity index (χ0) is 14.0. The first-order valence-electron chi connectivity index (χ1n) is 5.05. The Morgan fingerprint density at radius 3 is 2.58 bits per heavy atom. The van der Waals surface area contributed by atoms with Crippen molar-refractivity contribution in [3.63, 3.8) is 0 Å². The topological polar surface area (TPSA) is 42.0 Å². The molecule has 0 aliphatic rings.